The van der Waals surface area contributed by atoms with Crippen molar-refractivity contribution in [3.05, 3.63) is 65.0 Å². The Morgan fingerprint density at radius 1 is 0.926 bits per heavy atom. The molecular weight excluding hydrogens is 353 g/mol. The molecule has 0 N–H and O–H groups in total. The summed E-state index contributed by atoms with van der Waals surface area (Å²) in [5.74, 6) is 0. The van der Waals surface area contributed by atoms with E-state index in [0.29, 0.717) is 31.9 Å². The largest absolute Gasteiger partial charge is 0.416 e. The van der Waals surface area contributed by atoms with Gasteiger partial charge in [0.05, 0.1) is 12.2 Å². The molecule has 3 nitrogen and oxygen atoms in total. The highest BCUT2D eigenvalue weighted by Crippen LogP contribution is 2.29. The van der Waals surface area contributed by atoms with Crippen LogP contribution in [0.15, 0.2) is 42.5 Å². The Bertz CT molecular complexity index is 733. The number of nitrogens with zero attached hydrogens (tertiary/aromatic N) is 2. The number of rotatable bonds is 2. The van der Waals surface area contributed by atoms with Gasteiger partial charge in [-0.2, -0.15) is 13.2 Å². The van der Waals surface area contributed by atoms with Crippen molar-refractivity contribution in [2.24, 2.45) is 0 Å². The monoisotopic (exact) mass is 378 g/mol. The first-order chi connectivity index (χ1) is 13.0. The summed E-state index contributed by atoms with van der Waals surface area (Å²) in [7, 11) is 0. The number of alkyl halides is 3. The van der Waals surface area contributed by atoms with Crippen molar-refractivity contribution in [2.75, 3.05) is 26.3 Å². The molecule has 0 unspecified atom stereocenters. The molecule has 2 bridgehead atoms. The van der Waals surface area contributed by atoms with Crippen molar-refractivity contribution in [1.82, 2.24) is 9.88 Å². The molecule has 2 aromatic rings. The molecule has 0 radical (unpaired) electrons. The molecule has 146 valence electrons. The molecule has 0 aliphatic carbocycles. The first kappa shape index (κ1) is 19.8. The first-order valence-electron chi connectivity index (χ1n) is 9.42. The van der Waals surface area contributed by atoms with Gasteiger partial charge >= 0.3 is 6.18 Å². The molecule has 27 heavy (non-hydrogen) atoms. The number of aromatic nitrogens is 1. The summed E-state index contributed by atoms with van der Waals surface area (Å²) in [4.78, 5) is 6.85. The van der Waals surface area contributed by atoms with Gasteiger partial charge in [-0.25, -0.2) is 0 Å². The predicted molar refractivity (Wildman–Crippen MR) is 98.4 cm³/mol. The number of aryl methyl sites for hydroxylation is 2. The number of ether oxygens (including phenoxy) is 1. The average Bonchev–Trinajstić information content (AvgIpc) is 2.65. The molecular formula is C21H25F3N2O. The number of hydrogen-bond donors (Lipinski definition) is 0. The summed E-state index contributed by atoms with van der Waals surface area (Å²) in [6.07, 6.45) is -0.703. The summed E-state index contributed by atoms with van der Waals surface area (Å²) < 4.78 is 44.6. The molecule has 0 fully saturated rings. The molecule has 6 heteroatoms. The predicted octanol–water partition coefficient (Wildman–Crippen LogP) is 4.50. The Morgan fingerprint density at radius 3 is 2.44 bits per heavy atom. The van der Waals surface area contributed by atoms with Crippen LogP contribution in [0.1, 0.15) is 35.4 Å². The number of fused-ring (bicyclic) bond motifs is 2. The third-order valence-electron chi connectivity index (χ3n) is 4.71. The van der Waals surface area contributed by atoms with Crippen molar-refractivity contribution in [3.8, 4) is 0 Å². The fourth-order valence-corrected chi connectivity index (χ4v) is 3.32. The van der Waals surface area contributed by atoms with Crippen molar-refractivity contribution >= 4 is 0 Å². The van der Waals surface area contributed by atoms with Crippen molar-refractivity contribution in [1.29, 1.82) is 0 Å². The summed E-state index contributed by atoms with van der Waals surface area (Å²) in [5, 5.41) is 0. The van der Waals surface area contributed by atoms with E-state index >= 15 is 0 Å². The van der Waals surface area contributed by atoms with Crippen LogP contribution in [-0.2, 0) is 30.3 Å². The third kappa shape index (κ3) is 6.33. The first-order valence-corrected chi connectivity index (χ1v) is 9.42. The number of halogens is 3. The van der Waals surface area contributed by atoms with Crippen LogP contribution in [0.25, 0.3) is 0 Å². The van der Waals surface area contributed by atoms with Gasteiger partial charge in [-0.15, -0.1) is 0 Å². The van der Waals surface area contributed by atoms with Crippen LogP contribution in [-0.4, -0.2) is 36.2 Å². The van der Waals surface area contributed by atoms with E-state index in [2.05, 4.69) is 9.88 Å². The molecule has 0 saturated carbocycles. The molecule has 0 amide bonds. The molecule has 2 heterocycles. The maximum Gasteiger partial charge on any atom is 0.416 e. The normalized spacial score (nSPS) is 17.6. The smallest absolute Gasteiger partial charge is 0.380 e. The highest BCUT2D eigenvalue weighted by atomic mass is 19.4. The zero-order chi connectivity index (χ0) is 19.1. The minimum Gasteiger partial charge on any atom is -0.380 e. The molecule has 3 rings (SSSR count). The Hall–Kier alpha value is -1.92. The van der Waals surface area contributed by atoms with E-state index < -0.39 is 11.7 Å². The van der Waals surface area contributed by atoms with Gasteiger partial charge in [0.1, 0.15) is 0 Å². The minimum absolute atomic E-state index is 0.487. The summed E-state index contributed by atoms with van der Waals surface area (Å²) in [5.41, 5.74) is 2.25. The average molecular weight is 378 g/mol. The molecule has 0 atom stereocenters. The Labute approximate surface area is 158 Å². The van der Waals surface area contributed by atoms with Gasteiger partial charge in [-0.1, -0.05) is 24.3 Å². The second-order valence-electron chi connectivity index (χ2n) is 6.91. The summed E-state index contributed by atoms with van der Waals surface area (Å²) >= 11 is 0. The lowest BCUT2D eigenvalue weighted by molar-refractivity contribution is -0.137. The summed E-state index contributed by atoms with van der Waals surface area (Å²) in [6.45, 7) is 3.25. The van der Waals surface area contributed by atoms with Gasteiger partial charge < -0.3 is 4.74 Å². The fourth-order valence-electron chi connectivity index (χ4n) is 3.32. The topological polar surface area (TPSA) is 25.4 Å². The van der Waals surface area contributed by atoms with Crippen molar-refractivity contribution < 1.29 is 17.9 Å². The quantitative estimate of drug-likeness (QED) is 0.770. The maximum atomic E-state index is 12.9. The lowest BCUT2D eigenvalue weighted by atomic mass is 10.1. The van der Waals surface area contributed by atoms with E-state index in [1.807, 2.05) is 18.2 Å². The molecule has 1 aliphatic heterocycles. The van der Waals surface area contributed by atoms with Gasteiger partial charge in [0.15, 0.2) is 0 Å². The van der Waals surface area contributed by atoms with Crippen LogP contribution in [0.4, 0.5) is 13.2 Å². The van der Waals surface area contributed by atoms with Crippen LogP contribution in [0.2, 0.25) is 0 Å². The van der Waals surface area contributed by atoms with E-state index in [1.54, 1.807) is 6.07 Å². The molecule has 0 saturated heterocycles. The van der Waals surface area contributed by atoms with Crippen LogP contribution in [0.5, 0.6) is 0 Å². The Morgan fingerprint density at radius 2 is 1.67 bits per heavy atom. The third-order valence-corrected chi connectivity index (χ3v) is 4.71. The van der Waals surface area contributed by atoms with E-state index in [9.17, 15) is 13.2 Å². The zero-order valence-electron chi connectivity index (χ0n) is 15.3. The van der Waals surface area contributed by atoms with E-state index in [1.165, 1.54) is 12.1 Å². The number of pyridine rings is 1. The highest BCUT2D eigenvalue weighted by Gasteiger charge is 2.30. The van der Waals surface area contributed by atoms with Gasteiger partial charge in [0.2, 0.25) is 0 Å². The summed E-state index contributed by atoms with van der Waals surface area (Å²) in [6, 6.07) is 11.7. The highest BCUT2D eigenvalue weighted by molar-refractivity contribution is 5.25. The second kappa shape index (κ2) is 9.33. The van der Waals surface area contributed by atoms with Gasteiger partial charge in [-0.3, -0.25) is 9.88 Å². The number of hydrogen-bond acceptors (Lipinski definition) is 3. The van der Waals surface area contributed by atoms with Gasteiger partial charge in [-0.05, 0) is 56.0 Å². The lowest BCUT2D eigenvalue weighted by Gasteiger charge is -2.23. The van der Waals surface area contributed by atoms with Gasteiger partial charge in [0.25, 0.3) is 0 Å². The van der Waals surface area contributed by atoms with E-state index in [4.69, 9.17) is 4.74 Å². The van der Waals surface area contributed by atoms with Crippen molar-refractivity contribution in [3.63, 3.8) is 0 Å². The van der Waals surface area contributed by atoms with E-state index in [0.717, 1.165) is 49.7 Å². The minimum atomic E-state index is -4.31. The number of benzene rings is 1. The molecule has 1 aromatic carbocycles. The Balaban J connectivity index is 1.66. The zero-order valence-corrected chi connectivity index (χ0v) is 15.3. The van der Waals surface area contributed by atoms with Crippen molar-refractivity contribution in [2.45, 2.75) is 38.4 Å². The van der Waals surface area contributed by atoms with E-state index in [-0.39, 0.29) is 0 Å². The van der Waals surface area contributed by atoms with Crippen LogP contribution >= 0.6 is 0 Å². The van der Waals surface area contributed by atoms with Crippen LogP contribution < -0.4 is 0 Å². The molecule has 0 spiro atoms. The second-order valence-corrected chi connectivity index (χ2v) is 6.91. The molecule has 1 aliphatic rings. The maximum absolute atomic E-state index is 12.9. The lowest BCUT2D eigenvalue weighted by Crippen LogP contribution is -2.29. The van der Waals surface area contributed by atoms with Crippen LogP contribution in [0.3, 0.4) is 0 Å². The molecule has 1 aromatic heterocycles. The standard InChI is InChI=1S/C21H25F3N2O/c22-21(23,24)18-6-1-5-17(15-18)16-26-11-3-9-19-7-2-8-20(25-19)10-4-13-27-14-12-26/h1-2,5-8,15H,3-4,9-14,16H2. The fraction of sp³-hybridized carbons (Fsp3) is 0.476. The van der Waals surface area contributed by atoms with Crippen LogP contribution in [0, 0.1) is 0 Å². The SMILES string of the molecule is FC(F)(F)c1cccc(CN2CCCc3cccc(n3)CCCOCC2)c1. The van der Waals surface area contributed by atoms with Gasteiger partial charge in [0, 0.05) is 31.1 Å². The Kier molecular flexibility index (Phi) is 6.85.